The van der Waals surface area contributed by atoms with Gasteiger partial charge in [-0.15, -0.1) is 0 Å². The third-order valence-electron chi connectivity index (χ3n) is 1.68. The zero-order valence-electron chi connectivity index (χ0n) is 8.05. The van der Waals surface area contributed by atoms with Crippen molar-refractivity contribution in [2.45, 2.75) is 20.4 Å². The van der Waals surface area contributed by atoms with Gasteiger partial charge in [-0.25, -0.2) is 4.39 Å². The second kappa shape index (κ2) is 4.92. The highest BCUT2D eigenvalue weighted by Gasteiger charge is 2.01. The molecule has 1 heterocycles. The summed E-state index contributed by atoms with van der Waals surface area (Å²) in [6.45, 7) is 5.62. The van der Waals surface area contributed by atoms with E-state index in [-0.39, 0.29) is 5.82 Å². The summed E-state index contributed by atoms with van der Waals surface area (Å²) in [6, 6.07) is 3.03. The second-order valence-electron chi connectivity index (χ2n) is 3.46. The molecule has 1 N–H and O–H groups in total. The fourth-order valence-corrected chi connectivity index (χ4v) is 1.03. The van der Waals surface area contributed by atoms with Gasteiger partial charge >= 0.3 is 0 Å². The van der Waals surface area contributed by atoms with E-state index < -0.39 is 0 Å². The highest BCUT2D eigenvalue weighted by atomic mass is 19.1. The van der Waals surface area contributed by atoms with E-state index in [1.54, 1.807) is 12.3 Å². The molecule has 0 saturated heterocycles. The highest BCUT2D eigenvalue weighted by Crippen LogP contribution is 2.01. The van der Waals surface area contributed by atoms with Crippen LogP contribution in [0.1, 0.15) is 19.5 Å². The molecule has 0 fully saturated rings. The smallest absolute Gasteiger partial charge is 0.146 e. The van der Waals surface area contributed by atoms with Crippen LogP contribution in [0.2, 0.25) is 0 Å². The van der Waals surface area contributed by atoms with Crippen LogP contribution in [-0.2, 0) is 6.54 Å². The van der Waals surface area contributed by atoms with Crippen molar-refractivity contribution in [2.75, 3.05) is 6.54 Å². The van der Waals surface area contributed by atoms with Gasteiger partial charge in [0.15, 0.2) is 0 Å². The Morgan fingerprint density at radius 2 is 2.31 bits per heavy atom. The van der Waals surface area contributed by atoms with E-state index in [2.05, 4.69) is 24.1 Å². The Hall–Kier alpha value is -0.960. The molecule has 0 unspecified atom stereocenters. The van der Waals surface area contributed by atoms with Gasteiger partial charge in [0.05, 0.1) is 5.69 Å². The molecule has 0 aliphatic rings. The molecule has 0 atom stereocenters. The molecule has 0 saturated carbocycles. The van der Waals surface area contributed by atoms with Gasteiger partial charge < -0.3 is 5.32 Å². The highest BCUT2D eigenvalue weighted by molar-refractivity contribution is 5.06. The molecule has 1 aromatic rings. The van der Waals surface area contributed by atoms with E-state index in [1.165, 1.54) is 6.07 Å². The first-order valence-corrected chi connectivity index (χ1v) is 4.50. The molecule has 0 aliphatic carbocycles. The number of hydrogen-bond acceptors (Lipinski definition) is 2. The Morgan fingerprint density at radius 3 is 2.92 bits per heavy atom. The van der Waals surface area contributed by atoms with E-state index in [1.807, 2.05) is 0 Å². The first-order valence-electron chi connectivity index (χ1n) is 4.50. The van der Waals surface area contributed by atoms with Crippen molar-refractivity contribution in [3.8, 4) is 0 Å². The fourth-order valence-electron chi connectivity index (χ4n) is 1.03. The standard InChI is InChI=1S/C10H15FN2/c1-8(2)6-12-7-10-9(11)4-3-5-13-10/h3-5,8,12H,6-7H2,1-2H3. The van der Waals surface area contributed by atoms with Crippen molar-refractivity contribution < 1.29 is 4.39 Å². The van der Waals surface area contributed by atoms with Gasteiger partial charge in [-0.05, 0) is 24.6 Å². The number of halogens is 1. The SMILES string of the molecule is CC(C)CNCc1ncccc1F. The maximum absolute atomic E-state index is 13.0. The Balaban J connectivity index is 2.41. The topological polar surface area (TPSA) is 24.9 Å². The van der Waals surface area contributed by atoms with Crippen molar-refractivity contribution in [1.29, 1.82) is 0 Å². The molecule has 1 rings (SSSR count). The minimum Gasteiger partial charge on any atom is -0.311 e. The maximum Gasteiger partial charge on any atom is 0.146 e. The zero-order chi connectivity index (χ0) is 9.68. The Kier molecular flexibility index (Phi) is 3.83. The summed E-state index contributed by atoms with van der Waals surface area (Å²) in [5.74, 6) is 0.338. The second-order valence-corrected chi connectivity index (χ2v) is 3.46. The predicted octanol–water partition coefficient (Wildman–Crippen LogP) is 1.97. The van der Waals surface area contributed by atoms with Gasteiger partial charge in [-0.3, -0.25) is 4.98 Å². The van der Waals surface area contributed by atoms with Crippen molar-refractivity contribution >= 4 is 0 Å². The average molecular weight is 182 g/mol. The lowest BCUT2D eigenvalue weighted by Gasteiger charge is -2.06. The predicted molar refractivity (Wildman–Crippen MR) is 50.7 cm³/mol. The largest absolute Gasteiger partial charge is 0.311 e. The molecule has 2 nitrogen and oxygen atoms in total. The average Bonchev–Trinajstić information content (AvgIpc) is 2.08. The molecule has 0 aromatic carbocycles. The van der Waals surface area contributed by atoms with Gasteiger partial charge in [-0.1, -0.05) is 13.8 Å². The fraction of sp³-hybridized carbons (Fsp3) is 0.500. The van der Waals surface area contributed by atoms with Gasteiger partial charge in [-0.2, -0.15) is 0 Å². The van der Waals surface area contributed by atoms with Crippen LogP contribution < -0.4 is 5.32 Å². The number of rotatable bonds is 4. The molecule has 0 aliphatic heterocycles. The molecular weight excluding hydrogens is 167 g/mol. The first kappa shape index (κ1) is 10.1. The molecule has 3 heteroatoms. The summed E-state index contributed by atoms with van der Waals surface area (Å²) in [5.41, 5.74) is 0.489. The summed E-state index contributed by atoms with van der Waals surface area (Å²) < 4.78 is 13.0. The van der Waals surface area contributed by atoms with E-state index in [0.29, 0.717) is 18.2 Å². The molecule has 0 spiro atoms. The van der Waals surface area contributed by atoms with Crippen LogP contribution in [-0.4, -0.2) is 11.5 Å². The third kappa shape index (κ3) is 3.51. The molecule has 0 radical (unpaired) electrons. The normalized spacial score (nSPS) is 10.8. The minimum atomic E-state index is -0.237. The van der Waals surface area contributed by atoms with Gasteiger partial charge in [0.1, 0.15) is 5.82 Å². The van der Waals surface area contributed by atoms with Gasteiger partial charge in [0, 0.05) is 12.7 Å². The number of nitrogens with one attached hydrogen (secondary N) is 1. The molecule has 13 heavy (non-hydrogen) atoms. The Bertz CT molecular complexity index is 261. The van der Waals surface area contributed by atoms with E-state index in [0.717, 1.165) is 6.54 Å². The molecule has 0 amide bonds. The molecule has 1 aromatic heterocycles. The lowest BCUT2D eigenvalue weighted by Crippen LogP contribution is -2.20. The number of nitrogens with zero attached hydrogens (tertiary/aromatic N) is 1. The first-order chi connectivity index (χ1) is 6.20. The van der Waals surface area contributed by atoms with Crippen molar-refractivity contribution in [3.63, 3.8) is 0 Å². The summed E-state index contributed by atoms with van der Waals surface area (Å²) >= 11 is 0. The van der Waals surface area contributed by atoms with Crippen LogP contribution in [0, 0.1) is 11.7 Å². The Labute approximate surface area is 78.2 Å². The van der Waals surface area contributed by atoms with Crippen LogP contribution in [0.5, 0.6) is 0 Å². The maximum atomic E-state index is 13.0. The van der Waals surface area contributed by atoms with E-state index >= 15 is 0 Å². The minimum absolute atomic E-state index is 0.237. The zero-order valence-corrected chi connectivity index (χ0v) is 8.05. The Morgan fingerprint density at radius 1 is 1.54 bits per heavy atom. The van der Waals surface area contributed by atoms with Crippen LogP contribution in [0.4, 0.5) is 4.39 Å². The van der Waals surface area contributed by atoms with Crippen LogP contribution in [0.25, 0.3) is 0 Å². The summed E-state index contributed by atoms with van der Waals surface area (Å²) in [6.07, 6.45) is 1.61. The van der Waals surface area contributed by atoms with Crippen LogP contribution in [0.3, 0.4) is 0 Å². The summed E-state index contributed by atoms with van der Waals surface area (Å²) in [7, 11) is 0. The number of aromatic nitrogens is 1. The molecule has 72 valence electrons. The van der Waals surface area contributed by atoms with Crippen molar-refractivity contribution in [1.82, 2.24) is 10.3 Å². The molecule has 0 bridgehead atoms. The lowest BCUT2D eigenvalue weighted by atomic mass is 10.2. The van der Waals surface area contributed by atoms with Gasteiger partial charge in [0.2, 0.25) is 0 Å². The van der Waals surface area contributed by atoms with Crippen molar-refractivity contribution in [2.24, 2.45) is 5.92 Å². The monoisotopic (exact) mass is 182 g/mol. The van der Waals surface area contributed by atoms with E-state index in [9.17, 15) is 4.39 Å². The quantitative estimate of drug-likeness (QED) is 0.770. The number of pyridine rings is 1. The summed E-state index contributed by atoms with van der Waals surface area (Å²) in [4.78, 5) is 3.94. The number of hydrogen-bond donors (Lipinski definition) is 1. The van der Waals surface area contributed by atoms with Crippen molar-refractivity contribution in [3.05, 3.63) is 29.8 Å². The van der Waals surface area contributed by atoms with Crippen LogP contribution in [0.15, 0.2) is 18.3 Å². The summed E-state index contributed by atoms with van der Waals surface area (Å²) in [5, 5.41) is 3.14. The van der Waals surface area contributed by atoms with Gasteiger partial charge in [0.25, 0.3) is 0 Å². The lowest BCUT2D eigenvalue weighted by molar-refractivity contribution is 0.526. The van der Waals surface area contributed by atoms with E-state index in [4.69, 9.17) is 0 Å². The molecular formula is C10H15FN2. The van der Waals surface area contributed by atoms with Crippen LogP contribution >= 0.6 is 0 Å². The third-order valence-corrected chi connectivity index (χ3v) is 1.68.